The Balaban J connectivity index is 2.04. The summed E-state index contributed by atoms with van der Waals surface area (Å²) in [6.07, 6.45) is 28.8. The first-order valence-corrected chi connectivity index (χ1v) is 19.1. The highest BCUT2D eigenvalue weighted by Crippen LogP contribution is 2.15. The Labute approximate surface area is 248 Å². The SMILES string of the molecule is CCCCCCCCCCCCSCCN(CCSCCCCCCCCCCCC)Cc1ccccc1. The van der Waals surface area contributed by atoms with Crippen LogP contribution in [0.5, 0.6) is 0 Å². The fourth-order valence-electron chi connectivity index (χ4n) is 5.09. The quantitative estimate of drug-likeness (QED) is 0.0857. The molecule has 1 aromatic rings. The molecule has 0 aromatic heterocycles. The summed E-state index contributed by atoms with van der Waals surface area (Å²) in [4.78, 5) is 2.70. The van der Waals surface area contributed by atoms with E-state index in [1.165, 1.54) is 170 Å². The minimum absolute atomic E-state index is 1.11. The van der Waals surface area contributed by atoms with Crippen molar-refractivity contribution in [1.29, 1.82) is 0 Å². The lowest BCUT2D eigenvalue weighted by atomic mass is 10.1. The van der Waals surface area contributed by atoms with Gasteiger partial charge in [0.2, 0.25) is 0 Å². The van der Waals surface area contributed by atoms with Gasteiger partial charge in [-0.1, -0.05) is 160 Å². The summed E-state index contributed by atoms with van der Waals surface area (Å²) in [5.74, 6) is 5.27. The number of hydrogen-bond donors (Lipinski definition) is 0. The van der Waals surface area contributed by atoms with E-state index in [4.69, 9.17) is 0 Å². The molecular formula is C35H65NS2. The van der Waals surface area contributed by atoms with Crippen LogP contribution < -0.4 is 0 Å². The van der Waals surface area contributed by atoms with Gasteiger partial charge in [-0.15, -0.1) is 0 Å². The van der Waals surface area contributed by atoms with Crippen LogP contribution in [-0.2, 0) is 6.54 Å². The van der Waals surface area contributed by atoms with E-state index in [2.05, 4.69) is 72.6 Å². The van der Waals surface area contributed by atoms with Crippen molar-refractivity contribution in [2.24, 2.45) is 0 Å². The van der Waals surface area contributed by atoms with Crippen LogP contribution in [0.2, 0.25) is 0 Å². The molecule has 222 valence electrons. The smallest absolute Gasteiger partial charge is 0.0234 e. The normalized spacial score (nSPS) is 11.6. The fourth-order valence-corrected chi connectivity index (χ4v) is 7.09. The predicted octanol–water partition coefficient (Wildman–Crippen LogP) is 11.8. The van der Waals surface area contributed by atoms with Crippen LogP contribution in [0.3, 0.4) is 0 Å². The van der Waals surface area contributed by atoms with Crippen molar-refractivity contribution in [3.63, 3.8) is 0 Å². The van der Waals surface area contributed by atoms with Gasteiger partial charge in [-0.25, -0.2) is 0 Å². The van der Waals surface area contributed by atoms with Crippen molar-refractivity contribution in [2.45, 2.75) is 149 Å². The maximum absolute atomic E-state index is 2.70. The minimum Gasteiger partial charge on any atom is -0.297 e. The Morgan fingerprint density at radius 2 is 0.816 bits per heavy atom. The summed E-state index contributed by atoms with van der Waals surface area (Å²) < 4.78 is 0. The lowest BCUT2D eigenvalue weighted by molar-refractivity contribution is 0.301. The van der Waals surface area contributed by atoms with E-state index in [1.54, 1.807) is 0 Å². The molecule has 0 bridgehead atoms. The van der Waals surface area contributed by atoms with Crippen LogP contribution in [0.1, 0.15) is 148 Å². The molecule has 0 saturated carbocycles. The third-order valence-electron chi connectivity index (χ3n) is 7.64. The Morgan fingerprint density at radius 1 is 0.447 bits per heavy atom. The average molecular weight is 564 g/mol. The molecule has 0 radical (unpaired) electrons. The molecule has 0 aliphatic carbocycles. The van der Waals surface area contributed by atoms with Crippen molar-refractivity contribution < 1.29 is 0 Å². The molecule has 0 aliphatic heterocycles. The topological polar surface area (TPSA) is 3.24 Å². The molecular weight excluding hydrogens is 499 g/mol. The first-order chi connectivity index (χ1) is 18.9. The fraction of sp³-hybridized carbons (Fsp3) is 0.829. The third kappa shape index (κ3) is 24.9. The molecule has 0 fully saturated rings. The predicted molar refractivity (Wildman–Crippen MR) is 180 cm³/mol. The molecule has 0 spiro atoms. The van der Waals surface area contributed by atoms with E-state index in [-0.39, 0.29) is 0 Å². The summed E-state index contributed by atoms with van der Waals surface area (Å²) in [5.41, 5.74) is 1.46. The van der Waals surface area contributed by atoms with Gasteiger partial charge in [0.15, 0.2) is 0 Å². The highest BCUT2D eigenvalue weighted by atomic mass is 32.2. The van der Waals surface area contributed by atoms with Crippen LogP contribution in [0, 0.1) is 0 Å². The Kier molecular flexibility index (Phi) is 28.2. The number of unbranched alkanes of at least 4 members (excludes halogenated alkanes) is 18. The second kappa shape index (κ2) is 29.9. The van der Waals surface area contributed by atoms with E-state index in [0.717, 1.165) is 6.54 Å². The highest BCUT2D eigenvalue weighted by molar-refractivity contribution is 7.99. The summed E-state index contributed by atoms with van der Waals surface area (Å²) in [5, 5.41) is 0. The molecule has 0 atom stereocenters. The Bertz CT molecular complexity index is 534. The molecule has 0 unspecified atom stereocenters. The van der Waals surface area contributed by atoms with Gasteiger partial charge in [-0.05, 0) is 29.9 Å². The first-order valence-electron chi connectivity index (χ1n) is 16.8. The zero-order valence-electron chi connectivity index (χ0n) is 25.7. The monoisotopic (exact) mass is 563 g/mol. The second-order valence-electron chi connectivity index (χ2n) is 11.4. The van der Waals surface area contributed by atoms with Crippen LogP contribution in [0.15, 0.2) is 30.3 Å². The third-order valence-corrected chi connectivity index (χ3v) is 9.73. The van der Waals surface area contributed by atoms with E-state index in [9.17, 15) is 0 Å². The molecule has 3 heteroatoms. The Hall–Kier alpha value is -0.120. The van der Waals surface area contributed by atoms with Crippen molar-refractivity contribution in [3.05, 3.63) is 35.9 Å². The van der Waals surface area contributed by atoms with Crippen molar-refractivity contribution in [1.82, 2.24) is 4.90 Å². The molecule has 0 saturated heterocycles. The van der Waals surface area contributed by atoms with E-state index in [0.29, 0.717) is 0 Å². The van der Waals surface area contributed by atoms with Gasteiger partial charge in [-0.2, -0.15) is 23.5 Å². The summed E-state index contributed by atoms with van der Waals surface area (Å²) >= 11 is 4.37. The van der Waals surface area contributed by atoms with Crippen LogP contribution in [0.4, 0.5) is 0 Å². The van der Waals surface area contributed by atoms with Gasteiger partial charge in [0.25, 0.3) is 0 Å². The zero-order chi connectivity index (χ0) is 27.2. The summed E-state index contributed by atoms with van der Waals surface area (Å²) in [6, 6.07) is 11.1. The number of benzene rings is 1. The molecule has 1 nitrogen and oxygen atoms in total. The zero-order valence-corrected chi connectivity index (χ0v) is 27.4. The molecule has 1 rings (SSSR count). The van der Waals surface area contributed by atoms with Crippen molar-refractivity contribution >= 4 is 23.5 Å². The second-order valence-corrected chi connectivity index (χ2v) is 13.8. The van der Waals surface area contributed by atoms with Gasteiger partial charge in [0, 0.05) is 31.1 Å². The molecule has 1 aromatic carbocycles. The molecule has 38 heavy (non-hydrogen) atoms. The molecule has 0 heterocycles. The van der Waals surface area contributed by atoms with Crippen molar-refractivity contribution in [3.8, 4) is 0 Å². The number of hydrogen-bond acceptors (Lipinski definition) is 3. The standard InChI is InChI=1S/C35H65NS2/c1-3-5-7-9-11-13-15-17-19-24-30-37-32-28-36(34-35-26-22-21-23-27-35)29-33-38-31-25-20-18-16-14-12-10-8-6-4-2/h21-23,26-27H,3-20,24-25,28-34H2,1-2H3. The molecule has 0 N–H and O–H groups in total. The lowest BCUT2D eigenvalue weighted by Crippen LogP contribution is -2.28. The number of rotatable bonds is 30. The average Bonchev–Trinajstić information content (AvgIpc) is 2.94. The highest BCUT2D eigenvalue weighted by Gasteiger charge is 2.06. The first kappa shape index (κ1) is 35.9. The minimum atomic E-state index is 1.11. The van der Waals surface area contributed by atoms with Crippen LogP contribution in [-0.4, -0.2) is 41.0 Å². The molecule has 0 amide bonds. The maximum Gasteiger partial charge on any atom is 0.0234 e. The van der Waals surface area contributed by atoms with Crippen LogP contribution >= 0.6 is 23.5 Å². The van der Waals surface area contributed by atoms with Gasteiger partial charge >= 0.3 is 0 Å². The summed E-state index contributed by atoms with van der Waals surface area (Å²) in [7, 11) is 0. The van der Waals surface area contributed by atoms with Crippen molar-refractivity contribution in [2.75, 3.05) is 36.1 Å². The Morgan fingerprint density at radius 3 is 1.21 bits per heavy atom. The number of thioether (sulfide) groups is 2. The molecule has 0 aliphatic rings. The van der Waals surface area contributed by atoms with E-state index >= 15 is 0 Å². The number of nitrogens with zero attached hydrogens (tertiary/aromatic N) is 1. The summed E-state index contributed by atoms with van der Waals surface area (Å²) in [6.45, 7) is 8.18. The van der Waals surface area contributed by atoms with Gasteiger partial charge < -0.3 is 0 Å². The van der Waals surface area contributed by atoms with E-state index < -0.39 is 0 Å². The largest absolute Gasteiger partial charge is 0.297 e. The lowest BCUT2D eigenvalue weighted by Gasteiger charge is -2.22. The van der Waals surface area contributed by atoms with Gasteiger partial charge in [0.1, 0.15) is 0 Å². The maximum atomic E-state index is 2.70. The van der Waals surface area contributed by atoms with Crippen LogP contribution in [0.25, 0.3) is 0 Å². The van der Waals surface area contributed by atoms with Gasteiger partial charge in [-0.3, -0.25) is 4.90 Å². The van der Waals surface area contributed by atoms with Gasteiger partial charge in [0.05, 0.1) is 0 Å². The van der Waals surface area contributed by atoms with E-state index in [1.807, 2.05) is 0 Å².